The third kappa shape index (κ3) is 7.68. The SMILES string of the molecule is CCN1CCN(Cc2ccccc2CNC(=O)CCC(=O)N(CCC#N)c2ccccc2)CC1. The lowest BCUT2D eigenvalue weighted by Gasteiger charge is -2.34. The highest BCUT2D eigenvalue weighted by atomic mass is 16.2. The Labute approximate surface area is 203 Å². The molecule has 0 bridgehead atoms. The summed E-state index contributed by atoms with van der Waals surface area (Å²) in [6.45, 7) is 9.26. The van der Waals surface area contributed by atoms with Crippen molar-refractivity contribution in [1.29, 1.82) is 5.26 Å². The predicted octanol–water partition coefficient (Wildman–Crippen LogP) is 3.17. The minimum Gasteiger partial charge on any atom is -0.352 e. The zero-order valence-electron chi connectivity index (χ0n) is 20.1. The van der Waals surface area contributed by atoms with E-state index in [-0.39, 0.29) is 31.1 Å². The topological polar surface area (TPSA) is 79.7 Å². The van der Waals surface area contributed by atoms with E-state index >= 15 is 0 Å². The molecule has 1 heterocycles. The first-order chi connectivity index (χ1) is 16.6. The largest absolute Gasteiger partial charge is 0.352 e. The van der Waals surface area contributed by atoms with Gasteiger partial charge in [-0.2, -0.15) is 5.26 Å². The third-order valence-electron chi connectivity index (χ3n) is 6.28. The van der Waals surface area contributed by atoms with Crippen LogP contribution >= 0.6 is 0 Å². The zero-order valence-corrected chi connectivity index (χ0v) is 20.1. The molecule has 0 unspecified atom stereocenters. The number of hydrogen-bond acceptors (Lipinski definition) is 5. The lowest BCUT2D eigenvalue weighted by molar-refractivity contribution is -0.125. The number of likely N-dealkylation sites (N-methyl/N-ethyl adjacent to an activating group) is 1. The Bertz CT molecular complexity index is 964. The van der Waals surface area contributed by atoms with Crippen LogP contribution in [0.5, 0.6) is 0 Å². The first-order valence-corrected chi connectivity index (χ1v) is 12.1. The van der Waals surface area contributed by atoms with Crippen LogP contribution in [0.2, 0.25) is 0 Å². The number of carbonyl (C=O) groups excluding carboxylic acids is 2. The van der Waals surface area contributed by atoms with E-state index in [0.29, 0.717) is 13.1 Å². The molecule has 0 aromatic heterocycles. The maximum atomic E-state index is 12.8. The zero-order chi connectivity index (χ0) is 24.2. The van der Waals surface area contributed by atoms with Gasteiger partial charge in [0, 0.05) is 64.3 Å². The van der Waals surface area contributed by atoms with Crippen molar-refractivity contribution in [3.05, 3.63) is 65.7 Å². The summed E-state index contributed by atoms with van der Waals surface area (Å²) in [6, 6.07) is 19.6. The number of amides is 2. The molecule has 2 aromatic rings. The van der Waals surface area contributed by atoms with Crippen molar-refractivity contribution < 1.29 is 9.59 Å². The number of piperazine rings is 1. The van der Waals surface area contributed by atoms with Gasteiger partial charge in [-0.05, 0) is 29.8 Å². The third-order valence-corrected chi connectivity index (χ3v) is 6.28. The summed E-state index contributed by atoms with van der Waals surface area (Å²) in [4.78, 5) is 31.8. The van der Waals surface area contributed by atoms with E-state index in [1.54, 1.807) is 4.90 Å². The smallest absolute Gasteiger partial charge is 0.227 e. The van der Waals surface area contributed by atoms with Crippen molar-refractivity contribution in [2.24, 2.45) is 0 Å². The number of hydrogen-bond donors (Lipinski definition) is 1. The lowest BCUT2D eigenvalue weighted by Crippen LogP contribution is -2.45. The molecule has 1 saturated heterocycles. The van der Waals surface area contributed by atoms with Gasteiger partial charge in [-0.15, -0.1) is 0 Å². The van der Waals surface area contributed by atoms with Crippen LogP contribution in [0, 0.1) is 11.3 Å². The van der Waals surface area contributed by atoms with Gasteiger partial charge >= 0.3 is 0 Å². The molecule has 3 rings (SSSR count). The van der Waals surface area contributed by atoms with E-state index in [0.717, 1.165) is 50.5 Å². The number of nitrogens with zero attached hydrogens (tertiary/aromatic N) is 4. The summed E-state index contributed by atoms with van der Waals surface area (Å²) < 4.78 is 0. The first-order valence-electron chi connectivity index (χ1n) is 12.1. The molecule has 1 aliphatic heterocycles. The lowest BCUT2D eigenvalue weighted by atomic mass is 10.1. The van der Waals surface area contributed by atoms with Crippen LogP contribution in [0.25, 0.3) is 0 Å². The fourth-order valence-corrected chi connectivity index (χ4v) is 4.19. The summed E-state index contributed by atoms with van der Waals surface area (Å²) in [5, 5.41) is 11.9. The molecule has 0 aliphatic carbocycles. The number of nitriles is 1. The molecule has 1 aliphatic rings. The molecule has 2 aromatic carbocycles. The van der Waals surface area contributed by atoms with Gasteiger partial charge in [0.15, 0.2) is 0 Å². The van der Waals surface area contributed by atoms with E-state index in [2.05, 4.69) is 40.2 Å². The highest BCUT2D eigenvalue weighted by Crippen LogP contribution is 2.16. The van der Waals surface area contributed by atoms with Crippen molar-refractivity contribution in [2.45, 2.75) is 39.3 Å². The number of benzene rings is 2. The standard InChI is InChI=1S/C27H35N5O2/c1-2-30-17-19-31(20-18-30)22-24-10-7-6-9-23(24)21-29-26(33)13-14-27(34)32(16-8-15-28)25-11-4-3-5-12-25/h3-7,9-12H,2,8,13-14,16-22H2,1H3,(H,29,33). The van der Waals surface area contributed by atoms with Crippen molar-refractivity contribution in [3.8, 4) is 6.07 Å². The second-order valence-corrected chi connectivity index (χ2v) is 8.54. The molecule has 7 nitrogen and oxygen atoms in total. The van der Waals surface area contributed by atoms with Crippen LogP contribution in [0.15, 0.2) is 54.6 Å². The molecule has 2 amide bonds. The van der Waals surface area contributed by atoms with Crippen molar-refractivity contribution in [2.75, 3.05) is 44.2 Å². The summed E-state index contributed by atoms with van der Waals surface area (Å²) in [6.07, 6.45) is 0.475. The molecule has 180 valence electrons. The Morgan fingerprint density at radius 1 is 0.941 bits per heavy atom. The van der Waals surface area contributed by atoms with E-state index in [4.69, 9.17) is 5.26 Å². The van der Waals surface area contributed by atoms with Crippen LogP contribution in [-0.2, 0) is 22.7 Å². The maximum Gasteiger partial charge on any atom is 0.227 e. The summed E-state index contributed by atoms with van der Waals surface area (Å²) in [5.41, 5.74) is 3.09. The summed E-state index contributed by atoms with van der Waals surface area (Å²) >= 11 is 0. The van der Waals surface area contributed by atoms with Crippen LogP contribution in [0.3, 0.4) is 0 Å². The summed E-state index contributed by atoms with van der Waals surface area (Å²) in [5.74, 6) is -0.295. The van der Waals surface area contributed by atoms with E-state index in [1.165, 1.54) is 5.56 Å². The number of anilines is 1. The number of rotatable bonds is 11. The van der Waals surface area contributed by atoms with Gasteiger partial charge in [-0.3, -0.25) is 14.5 Å². The minimum absolute atomic E-state index is 0.107. The number of nitrogens with one attached hydrogen (secondary N) is 1. The average Bonchev–Trinajstić information content (AvgIpc) is 2.88. The first kappa shape index (κ1) is 25.4. The van der Waals surface area contributed by atoms with Crippen LogP contribution in [0.4, 0.5) is 5.69 Å². The molecular formula is C27H35N5O2. The molecule has 34 heavy (non-hydrogen) atoms. The monoisotopic (exact) mass is 461 g/mol. The average molecular weight is 462 g/mol. The normalized spacial score (nSPS) is 14.4. The Balaban J connectivity index is 1.49. The maximum absolute atomic E-state index is 12.8. The summed E-state index contributed by atoms with van der Waals surface area (Å²) in [7, 11) is 0. The van der Waals surface area contributed by atoms with Gasteiger partial charge < -0.3 is 15.1 Å². The van der Waals surface area contributed by atoms with Gasteiger partial charge in [0.1, 0.15) is 0 Å². The van der Waals surface area contributed by atoms with Gasteiger partial charge in [0.2, 0.25) is 11.8 Å². The second-order valence-electron chi connectivity index (χ2n) is 8.54. The molecule has 0 saturated carbocycles. The van der Waals surface area contributed by atoms with Gasteiger partial charge in [0.25, 0.3) is 0 Å². The molecule has 1 fully saturated rings. The van der Waals surface area contributed by atoms with E-state index < -0.39 is 0 Å². The van der Waals surface area contributed by atoms with Crippen LogP contribution < -0.4 is 10.2 Å². The Hall–Kier alpha value is -3.21. The van der Waals surface area contributed by atoms with Gasteiger partial charge in [-0.25, -0.2) is 0 Å². The highest BCUT2D eigenvalue weighted by molar-refractivity contribution is 5.95. The van der Waals surface area contributed by atoms with E-state index in [9.17, 15) is 9.59 Å². The Morgan fingerprint density at radius 3 is 2.26 bits per heavy atom. The molecule has 1 N–H and O–H groups in total. The van der Waals surface area contributed by atoms with Crippen molar-refractivity contribution in [3.63, 3.8) is 0 Å². The molecule has 7 heteroatoms. The number of para-hydroxylation sites is 1. The molecule has 0 atom stereocenters. The quantitative estimate of drug-likeness (QED) is 0.556. The van der Waals surface area contributed by atoms with Crippen molar-refractivity contribution >= 4 is 17.5 Å². The van der Waals surface area contributed by atoms with Crippen molar-refractivity contribution in [1.82, 2.24) is 15.1 Å². The van der Waals surface area contributed by atoms with Crippen LogP contribution in [0.1, 0.15) is 37.3 Å². The molecular weight excluding hydrogens is 426 g/mol. The second kappa shape index (κ2) is 13.5. The fraction of sp³-hybridized carbons (Fsp3) is 0.444. The fourth-order valence-electron chi connectivity index (χ4n) is 4.19. The van der Waals surface area contributed by atoms with Gasteiger partial charge in [0.05, 0.1) is 12.5 Å². The predicted molar refractivity (Wildman–Crippen MR) is 134 cm³/mol. The highest BCUT2D eigenvalue weighted by Gasteiger charge is 2.18. The Morgan fingerprint density at radius 2 is 1.59 bits per heavy atom. The van der Waals surface area contributed by atoms with Gasteiger partial charge in [-0.1, -0.05) is 49.4 Å². The van der Waals surface area contributed by atoms with E-state index in [1.807, 2.05) is 42.5 Å². The van der Waals surface area contributed by atoms with Crippen LogP contribution in [-0.4, -0.2) is 60.9 Å². The molecule has 0 radical (unpaired) electrons. The minimum atomic E-state index is -0.150. The molecule has 0 spiro atoms. The Kier molecular flexibility index (Phi) is 10.1. The number of carbonyl (C=O) groups is 2.